The molecule has 92 valence electrons. The second-order valence-corrected chi connectivity index (χ2v) is 5.15. The maximum atomic E-state index is 9.80. The molecule has 0 aliphatic carbocycles. The van der Waals surface area contributed by atoms with E-state index in [2.05, 4.69) is 4.99 Å². The zero-order valence-electron chi connectivity index (χ0n) is 9.24. The van der Waals surface area contributed by atoms with Crippen molar-refractivity contribution in [3.8, 4) is 5.75 Å². The third-order valence-corrected chi connectivity index (χ3v) is 3.66. The van der Waals surface area contributed by atoms with E-state index >= 15 is 0 Å². The maximum Gasteiger partial charge on any atom is 0.120 e. The highest BCUT2D eigenvalue weighted by Gasteiger charge is 2.18. The third-order valence-electron chi connectivity index (χ3n) is 2.94. The van der Waals surface area contributed by atoms with Gasteiger partial charge in [-0.05, 0) is 36.8 Å². The molecule has 1 aliphatic rings. The summed E-state index contributed by atoms with van der Waals surface area (Å²) >= 11 is 11.8. The fraction of sp³-hybridized carbons (Fsp3) is 0.417. The standard InChI is InChI=1S/C12H14Cl2N2O/c13-9-5-8(11(17)6-10(9)14)3-7-1-2-16-12(15)4-7/h2,5-7,12,17H,1,3-4,15H2. The normalized spacial score (nSPS) is 23.9. The topological polar surface area (TPSA) is 58.6 Å². The number of halogens is 2. The number of nitrogens with two attached hydrogens (primary N) is 1. The van der Waals surface area contributed by atoms with Crippen LogP contribution < -0.4 is 5.73 Å². The van der Waals surface area contributed by atoms with E-state index in [-0.39, 0.29) is 11.9 Å². The van der Waals surface area contributed by atoms with Crippen LogP contribution in [0.3, 0.4) is 0 Å². The Hall–Kier alpha value is -0.770. The minimum atomic E-state index is -0.126. The Bertz CT molecular complexity index is 448. The van der Waals surface area contributed by atoms with Gasteiger partial charge in [0.2, 0.25) is 0 Å². The predicted octanol–water partition coefficient (Wildman–Crippen LogP) is 3.01. The van der Waals surface area contributed by atoms with Gasteiger partial charge < -0.3 is 10.8 Å². The van der Waals surface area contributed by atoms with Crippen LogP contribution >= 0.6 is 23.2 Å². The fourth-order valence-electron chi connectivity index (χ4n) is 2.06. The molecular weight excluding hydrogens is 259 g/mol. The summed E-state index contributed by atoms with van der Waals surface area (Å²) in [6, 6.07) is 3.20. The minimum Gasteiger partial charge on any atom is -0.508 e. The Balaban J connectivity index is 2.13. The third kappa shape index (κ3) is 3.12. The highest BCUT2D eigenvalue weighted by Crippen LogP contribution is 2.32. The molecule has 2 rings (SSSR count). The van der Waals surface area contributed by atoms with Crippen LogP contribution in [0.25, 0.3) is 0 Å². The van der Waals surface area contributed by atoms with Crippen molar-refractivity contribution in [2.75, 3.05) is 0 Å². The Labute approximate surface area is 110 Å². The summed E-state index contributed by atoms with van der Waals surface area (Å²) in [7, 11) is 0. The van der Waals surface area contributed by atoms with Crippen LogP contribution in [-0.2, 0) is 6.42 Å². The summed E-state index contributed by atoms with van der Waals surface area (Å²) in [5.41, 5.74) is 6.58. The maximum absolute atomic E-state index is 9.80. The summed E-state index contributed by atoms with van der Waals surface area (Å²) in [6.45, 7) is 0. The summed E-state index contributed by atoms with van der Waals surface area (Å²) in [4.78, 5) is 4.12. The largest absolute Gasteiger partial charge is 0.508 e. The molecule has 17 heavy (non-hydrogen) atoms. The molecule has 0 saturated carbocycles. The highest BCUT2D eigenvalue weighted by molar-refractivity contribution is 6.42. The first-order valence-electron chi connectivity index (χ1n) is 5.50. The molecule has 0 fully saturated rings. The molecule has 2 atom stereocenters. The Morgan fingerprint density at radius 3 is 2.76 bits per heavy atom. The summed E-state index contributed by atoms with van der Waals surface area (Å²) in [5.74, 6) is 0.584. The fourth-order valence-corrected chi connectivity index (χ4v) is 2.41. The average Bonchev–Trinajstić information content (AvgIpc) is 2.26. The molecule has 1 aromatic carbocycles. The van der Waals surface area contributed by atoms with Crippen molar-refractivity contribution in [2.24, 2.45) is 16.6 Å². The van der Waals surface area contributed by atoms with Gasteiger partial charge in [0, 0.05) is 12.3 Å². The van der Waals surface area contributed by atoms with Gasteiger partial charge in [-0.15, -0.1) is 0 Å². The number of hydrogen-bond acceptors (Lipinski definition) is 3. The van der Waals surface area contributed by atoms with Crippen molar-refractivity contribution in [3.63, 3.8) is 0 Å². The first-order chi connectivity index (χ1) is 8.06. The van der Waals surface area contributed by atoms with E-state index in [9.17, 15) is 5.11 Å². The van der Waals surface area contributed by atoms with E-state index in [1.807, 2.05) is 6.21 Å². The second-order valence-electron chi connectivity index (χ2n) is 4.34. The molecule has 0 radical (unpaired) electrons. The molecule has 3 nitrogen and oxygen atoms in total. The molecule has 0 saturated heterocycles. The van der Waals surface area contributed by atoms with Gasteiger partial charge >= 0.3 is 0 Å². The van der Waals surface area contributed by atoms with Gasteiger partial charge in [0.05, 0.1) is 16.2 Å². The predicted molar refractivity (Wildman–Crippen MR) is 71.0 cm³/mol. The van der Waals surface area contributed by atoms with Gasteiger partial charge in [0.1, 0.15) is 5.75 Å². The van der Waals surface area contributed by atoms with Crippen LogP contribution in [0.5, 0.6) is 5.75 Å². The molecule has 0 aromatic heterocycles. The van der Waals surface area contributed by atoms with Gasteiger partial charge in [-0.2, -0.15) is 0 Å². The summed E-state index contributed by atoms with van der Waals surface area (Å²) in [6.07, 6.45) is 4.18. The quantitative estimate of drug-likeness (QED) is 0.870. The summed E-state index contributed by atoms with van der Waals surface area (Å²) < 4.78 is 0. The highest BCUT2D eigenvalue weighted by atomic mass is 35.5. The first-order valence-corrected chi connectivity index (χ1v) is 6.26. The van der Waals surface area contributed by atoms with Crippen molar-refractivity contribution in [2.45, 2.75) is 25.4 Å². The second kappa shape index (κ2) is 5.25. The zero-order chi connectivity index (χ0) is 12.4. The lowest BCUT2D eigenvalue weighted by Crippen LogP contribution is -2.26. The van der Waals surface area contributed by atoms with Gasteiger partial charge in [-0.25, -0.2) is 0 Å². The first kappa shape index (κ1) is 12.7. The smallest absolute Gasteiger partial charge is 0.120 e. The van der Waals surface area contributed by atoms with Crippen LogP contribution in [-0.4, -0.2) is 17.5 Å². The molecule has 5 heteroatoms. The van der Waals surface area contributed by atoms with E-state index < -0.39 is 0 Å². The number of phenolic OH excluding ortho intramolecular Hbond substituents is 1. The van der Waals surface area contributed by atoms with Crippen LogP contribution in [0.4, 0.5) is 0 Å². The van der Waals surface area contributed by atoms with Crippen molar-refractivity contribution in [1.29, 1.82) is 0 Å². The average molecular weight is 273 g/mol. The number of rotatable bonds is 2. The molecule has 0 bridgehead atoms. The van der Waals surface area contributed by atoms with Crippen molar-refractivity contribution >= 4 is 29.4 Å². The number of benzene rings is 1. The molecule has 1 heterocycles. The number of phenols is 1. The van der Waals surface area contributed by atoms with Crippen LogP contribution in [0.15, 0.2) is 17.1 Å². The van der Waals surface area contributed by atoms with Crippen LogP contribution in [0, 0.1) is 5.92 Å². The lowest BCUT2D eigenvalue weighted by molar-refractivity contribution is 0.416. The monoisotopic (exact) mass is 272 g/mol. The molecule has 0 spiro atoms. The number of aromatic hydroxyl groups is 1. The van der Waals surface area contributed by atoms with Gasteiger partial charge in [-0.3, -0.25) is 4.99 Å². The molecule has 2 unspecified atom stereocenters. The minimum absolute atomic E-state index is 0.126. The Kier molecular flexibility index (Phi) is 3.92. The van der Waals surface area contributed by atoms with Crippen molar-refractivity contribution < 1.29 is 5.11 Å². The molecule has 1 aliphatic heterocycles. The Morgan fingerprint density at radius 2 is 2.06 bits per heavy atom. The molecule has 1 aromatic rings. The lowest BCUT2D eigenvalue weighted by atomic mass is 9.90. The SMILES string of the molecule is NC1CC(Cc2cc(Cl)c(Cl)cc2O)CC=N1. The molecule has 3 N–H and O–H groups in total. The van der Waals surface area contributed by atoms with Crippen LogP contribution in [0.2, 0.25) is 10.0 Å². The summed E-state index contributed by atoms with van der Waals surface area (Å²) in [5, 5.41) is 10.6. The van der Waals surface area contributed by atoms with E-state index in [0.717, 1.165) is 24.8 Å². The van der Waals surface area contributed by atoms with E-state index in [4.69, 9.17) is 28.9 Å². The van der Waals surface area contributed by atoms with E-state index in [1.165, 1.54) is 6.07 Å². The van der Waals surface area contributed by atoms with Gasteiger partial charge in [0.15, 0.2) is 0 Å². The van der Waals surface area contributed by atoms with Gasteiger partial charge in [-0.1, -0.05) is 23.2 Å². The van der Waals surface area contributed by atoms with Crippen LogP contribution in [0.1, 0.15) is 18.4 Å². The van der Waals surface area contributed by atoms with Gasteiger partial charge in [0.25, 0.3) is 0 Å². The van der Waals surface area contributed by atoms with Crippen molar-refractivity contribution in [1.82, 2.24) is 0 Å². The Morgan fingerprint density at radius 1 is 1.35 bits per heavy atom. The van der Waals surface area contributed by atoms with Crippen molar-refractivity contribution in [3.05, 3.63) is 27.7 Å². The lowest BCUT2D eigenvalue weighted by Gasteiger charge is -2.22. The number of aliphatic imine (C=N–C) groups is 1. The number of hydrogen-bond donors (Lipinski definition) is 2. The van der Waals surface area contributed by atoms with E-state index in [0.29, 0.717) is 16.0 Å². The number of nitrogens with zero attached hydrogens (tertiary/aromatic N) is 1. The zero-order valence-corrected chi connectivity index (χ0v) is 10.7. The molecule has 0 amide bonds. The van der Waals surface area contributed by atoms with E-state index in [1.54, 1.807) is 6.07 Å². The molecular formula is C12H14Cl2N2O.